The van der Waals surface area contributed by atoms with Crippen LogP contribution in [0, 0.1) is 10.1 Å². The summed E-state index contributed by atoms with van der Waals surface area (Å²) in [6, 6.07) is 9.30. The lowest BCUT2D eigenvalue weighted by atomic mass is 10.0. The molecular formula is C19H29NO5SSi. The van der Waals surface area contributed by atoms with Gasteiger partial charge >= 0.3 is 5.97 Å². The fourth-order valence-corrected chi connectivity index (χ4v) is 12.5. The molecule has 1 saturated heterocycles. The number of benzene rings is 1. The van der Waals surface area contributed by atoms with Crippen LogP contribution >= 0.6 is 11.8 Å². The molecule has 0 amide bonds. The van der Waals surface area contributed by atoms with Crippen LogP contribution in [0.2, 0.25) is 18.1 Å². The number of nitrogens with zero attached hydrogens (tertiary/aromatic N) is 1. The predicted molar refractivity (Wildman–Crippen MR) is 111 cm³/mol. The summed E-state index contributed by atoms with van der Waals surface area (Å²) in [7, 11) is -2.12. The van der Waals surface area contributed by atoms with E-state index < -0.39 is 23.5 Å². The van der Waals surface area contributed by atoms with E-state index in [1.165, 1.54) is 12.1 Å². The molecule has 1 heterocycles. The van der Waals surface area contributed by atoms with E-state index in [1.807, 2.05) is 6.92 Å². The SMILES string of the molecule is CCOC(=O)[C@@]1([Si](CC)(CC)CC)SCCO[C@@H]1c1ccc([N+](=O)[O-])cc1. The molecular weight excluding hydrogens is 382 g/mol. The third kappa shape index (κ3) is 3.79. The number of hydrogen-bond acceptors (Lipinski definition) is 6. The topological polar surface area (TPSA) is 78.7 Å². The van der Waals surface area contributed by atoms with Gasteiger partial charge in [0.2, 0.25) is 0 Å². The molecule has 0 radical (unpaired) electrons. The number of esters is 1. The van der Waals surface area contributed by atoms with Gasteiger partial charge in [-0.1, -0.05) is 38.9 Å². The maximum Gasteiger partial charge on any atom is 0.322 e. The molecule has 0 aromatic heterocycles. The smallest absolute Gasteiger partial charge is 0.322 e. The Balaban J connectivity index is 2.63. The van der Waals surface area contributed by atoms with Crippen LogP contribution in [-0.2, 0) is 14.3 Å². The molecule has 1 aliphatic heterocycles. The molecule has 150 valence electrons. The third-order valence-electron chi connectivity index (χ3n) is 5.87. The zero-order chi connectivity index (χ0) is 20.1. The Morgan fingerprint density at radius 1 is 1.26 bits per heavy atom. The molecule has 1 aliphatic rings. The van der Waals surface area contributed by atoms with Gasteiger partial charge in [0, 0.05) is 17.9 Å². The quantitative estimate of drug-likeness (QED) is 0.266. The van der Waals surface area contributed by atoms with E-state index in [1.54, 1.807) is 23.9 Å². The Morgan fingerprint density at radius 2 is 1.85 bits per heavy atom. The highest BCUT2D eigenvalue weighted by atomic mass is 32.2. The van der Waals surface area contributed by atoms with Gasteiger partial charge in [0.05, 0.1) is 26.2 Å². The van der Waals surface area contributed by atoms with E-state index in [4.69, 9.17) is 9.47 Å². The third-order valence-corrected chi connectivity index (χ3v) is 14.9. The fraction of sp³-hybridized carbons (Fsp3) is 0.632. The van der Waals surface area contributed by atoms with Crippen molar-refractivity contribution in [2.75, 3.05) is 19.0 Å². The van der Waals surface area contributed by atoms with Crippen LogP contribution in [0.5, 0.6) is 0 Å². The summed E-state index contributed by atoms with van der Waals surface area (Å²) in [6.45, 7) is 9.21. The van der Waals surface area contributed by atoms with Crippen LogP contribution in [-0.4, -0.2) is 42.3 Å². The van der Waals surface area contributed by atoms with Crippen LogP contribution in [0.1, 0.15) is 39.4 Å². The van der Waals surface area contributed by atoms with Gasteiger partial charge in [0.25, 0.3) is 5.69 Å². The fourth-order valence-electron chi connectivity index (χ4n) is 4.25. The second-order valence-electron chi connectivity index (χ2n) is 6.75. The van der Waals surface area contributed by atoms with E-state index in [-0.39, 0.29) is 11.7 Å². The number of thioether (sulfide) groups is 1. The average Bonchev–Trinajstić information content (AvgIpc) is 2.70. The number of carbonyl (C=O) groups is 1. The van der Waals surface area contributed by atoms with E-state index in [0.29, 0.717) is 13.2 Å². The molecule has 0 aliphatic carbocycles. The standard InChI is InChI=1S/C19H29NO5SSi/c1-5-24-18(21)19(27(6-2,7-3)8-4)17(25-13-14-26-19)15-9-11-16(12-10-15)20(22)23/h9-12,17H,5-8,13-14H2,1-4H3/t17-,19-/m1/s1. The number of carbonyl (C=O) groups excluding carboxylic acids is 1. The molecule has 2 rings (SSSR count). The molecule has 1 aromatic carbocycles. The first-order chi connectivity index (χ1) is 12.9. The molecule has 0 N–H and O–H groups in total. The van der Waals surface area contributed by atoms with Crippen LogP contribution in [0.25, 0.3) is 0 Å². The largest absolute Gasteiger partial charge is 0.465 e. The molecule has 2 atom stereocenters. The van der Waals surface area contributed by atoms with Gasteiger partial charge in [-0.2, -0.15) is 0 Å². The van der Waals surface area contributed by atoms with Crippen LogP contribution in [0.4, 0.5) is 5.69 Å². The van der Waals surface area contributed by atoms with Crippen molar-refractivity contribution in [1.29, 1.82) is 0 Å². The maximum absolute atomic E-state index is 13.4. The first-order valence-electron chi connectivity index (χ1n) is 9.59. The predicted octanol–water partition coefficient (Wildman–Crippen LogP) is 4.75. The number of nitro benzene ring substituents is 1. The monoisotopic (exact) mass is 411 g/mol. The lowest BCUT2D eigenvalue weighted by Crippen LogP contribution is -2.65. The second kappa shape index (κ2) is 9.21. The molecule has 6 nitrogen and oxygen atoms in total. The van der Waals surface area contributed by atoms with E-state index in [2.05, 4.69) is 20.8 Å². The minimum Gasteiger partial charge on any atom is -0.465 e. The van der Waals surface area contributed by atoms with E-state index >= 15 is 0 Å². The Morgan fingerprint density at radius 3 is 2.33 bits per heavy atom. The molecule has 8 heteroatoms. The Labute approximate surface area is 166 Å². The molecule has 27 heavy (non-hydrogen) atoms. The van der Waals surface area contributed by atoms with Crippen molar-refractivity contribution in [3.8, 4) is 0 Å². The van der Waals surface area contributed by atoms with Crippen molar-refractivity contribution in [1.82, 2.24) is 0 Å². The normalized spacial score (nSPS) is 23.0. The lowest BCUT2D eigenvalue weighted by molar-refractivity contribution is -0.384. The van der Waals surface area contributed by atoms with Crippen LogP contribution in [0.3, 0.4) is 0 Å². The summed E-state index contributed by atoms with van der Waals surface area (Å²) in [5, 5.41) is 11.0. The summed E-state index contributed by atoms with van der Waals surface area (Å²) in [5.41, 5.74) is 0.849. The molecule has 1 fully saturated rings. The Bertz CT molecular complexity index is 656. The number of ether oxygens (including phenoxy) is 2. The zero-order valence-corrected chi connectivity index (χ0v) is 18.3. The van der Waals surface area contributed by atoms with Crippen molar-refractivity contribution in [2.45, 2.75) is 56.3 Å². The highest BCUT2D eigenvalue weighted by Gasteiger charge is 2.63. The highest BCUT2D eigenvalue weighted by Crippen LogP contribution is 2.54. The van der Waals surface area contributed by atoms with Gasteiger partial charge in [-0.3, -0.25) is 14.9 Å². The molecule has 1 aromatic rings. The average molecular weight is 412 g/mol. The van der Waals surface area contributed by atoms with Crippen LogP contribution in [0.15, 0.2) is 24.3 Å². The lowest BCUT2D eigenvalue weighted by Gasteiger charge is -2.52. The number of non-ortho nitro benzene ring substituents is 1. The zero-order valence-electron chi connectivity index (χ0n) is 16.5. The van der Waals surface area contributed by atoms with Gasteiger partial charge in [0.1, 0.15) is 10.5 Å². The minimum atomic E-state index is -2.12. The summed E-state index contributed by atoms with van der Waals surface area (Å²) in [4.78, 5) is 24.0. The van der Waals surface area contributed by atoms with E-state index in [9.17, 15) is 14.9 Å². The van der Waals surface area contributed by atoms with Crippen molar-refractivity contribution >= 4 is 31.5 Å². The minimum absolute atomic E-state index is 0.0360. The summed E-state index contributed by atoms with van der Waals surface area (Å²) >= 11 is 1.68. The summed E-state index contributed by atoms with van der Waals surface area (Å²) in [5.74, 6) is 0.562. The Hall–Kier alpha value is -1.38. The Kier molecular flexibility index (Phi) is 7.47. The van der Waals surface area contributed by atoms with Gasteiger partial charge < -0.3 is 9.47 Å². The van der Waals surface area contributed by atoms with Gasteiger partial charge in [-0.05, 0) is 24.6 Å². The summed E-state index contributed by atoms with van der Waals surface area (Å²) < 4.78 is 11.1. The van der Waals surface area contributed by atoms with Crippen molar-refractivity contribution in [2.24, 2.45) is 0 Å². The van der Waals surface area contributed by atoms with Gasteiger partial charge in [0.15, 0.2) is 0 Å². The molecule has 0 saturated carbocycles. The molecule has 0 unspecified atom stereocenters. The first-order valence-corrected chi connectivity index (χ1v) is 13.2. The van der Waals surface area contributed by atoms with Gasteiger partial charge in [-0.25, -0.2) is 0 Å². The van der Waals surface area contributed by atoms with Crippen molar-refractivity contribution < 1.29 is 19.2 Å². The molecule has 0 bridgehead atoms. The van der Waals surface area contributed by atoms with Crippen molar-refractivity contribution in [3.63, 3.8) is 0 Å². The highest BCUT2D eigenvalue weighted by molar-refractivity contribution is 8.03. The number of rotatable bonds is 8. The molecule has 0 spiro atoms. The second-order valence-corrected chi connectivity index (χ2v) is 13.9. The number of hydrogen-bond donors (Lipinski definition) is 0. The number of nitro groups is 1. The van der Waals surface area contributed by atoms with Crippen LogP contribution < -0.4 is 0 Å². The van der Waals surface area contributed by atoms with E-state index in [0.717, 1.165) is 29.4 Å². The van der Waals surface area contributed by atoms with Gasteiger partial charge in [-0.15, -0.1) is 11.8 Å². The van der Waals surface area contributed by atoms with Crippen molar-refractivity contribution in [3.05, 3.63) is 39.9 Å². The first kappa shape index (κ1) is 21.9. The maximum atomic E-state index is 13.4. The summed E-state index contributed by atoms with van der Waals surface area (Å²) in [6.07, 6.45) is -0.442.